The van der Waals surface area contributed by atoms with E-state index in [1.807, 2.05) is 6.92 Å². The molecule has 0 radical (unpaired) electrons. The van der Waals surface area contributed by atoms with E-state index in [9.17, 15) is 4.39 Å². The first-order valence-electron chi connectivity index (χ1n) is 5.80. The van der Waals surface area contributed by atoms with Gasteiger partial charge in [-0.05, 0) is 12.6 Å². The van der Waals surface area contributed by atoms with Crippen LogP contribution in [0.2, 0.25) is 0 Å². The topological polar surface area (TPSA) is 39.7 Å². The van der Waals surface area contributed by atoms with Crippen LogP contribution in [-0.4, -0.2) is 34.2 Å². The van der Waals surface area contributed by atoms with Crippen molar-refractivity contribution in [2.45, 2.75) is 19.3 Å². The summed E-state index contributed by atoms with van der Waals surface area (Å²) in [7, 11) is 4.49. The average Bonchev–Trinajstić information content (AvgIpc) is 2.39. The van der Waals surface area contributed by atoms with Gasteiger partial charge in [0, 0.05) is 19.8 Å². The number of benzene rings is 1. The highest BCUT2D eigenvalue weighted by Gasteiger charge is 2.26. The molecule has 1 rings (SSSR count). The molecule has 0 aliphatic rings. The molecule has 4 nitrogen and oxygen atoms in total. The fraction of sp³-hybridized carbons (Fsp3) is 0.538. The van der Waals surface area contributed by atoms with Crippen LogP contribution in [-0.2, 0) is 9.47 Å². The molecule has 5 heteroatoms. The second kappa shape index (κ2) is 7.31. The van der Waals surface area contributed by atoms with Crippen LogP contribution in [0.5, 0.6) is 5.75 Å². The van der Waals surface area contributed by atoms with E-state index in [2.05, 4.69) is 5.32 Å². The maximum Gasteiger partial charge on any atom is 0.176 e. The normalized spacial score (nSPS) is 12.8. The first kappa shape index (κ1) is 14.9. The van der Waals surface area contributed by atoms with Crippen molar-refractivity contribution >= 4 is 0 Å². The predicted molar refractivity (Wildman–Crippen MR) is 67.2 cm³/mol. The van der Waals surface area contributed by atoms with Crippen molar-refractivity contribution in [2.75, 3.05) is 27.9 Å². The molecule has 0 saturated carbocycles. The van der Waals surface area contributed by atoms with Crippen molar-refractivity contribution in [3.05, 3.63) is 29.6 Å². The summed E-state index contributed by atoms with van der Waals surface area (Å²) >= 11 is 0. The number of halogens is 1. The molecule has 1 aromatic carbocycles. The maximum absolute atomic E-state index is 14.2. The summed E-state index contributed by atoms with van der Waals surface area (Å²) in [4.78, 5) is 0. The van der Waals surface area contributed by atoms with Crippen LogP contribution >= 0.6 is 0 Å². The van der Waals surface area contributed by atoms with Gasteiger partial charge in [-0.25, -0.2) is 4.39 Å². The molecule has 102 valence electrons. The molecular formula is C13H20FNO3. The number of hydrogen-bond donors (Lipinski definition) is 1. The smallest absolute Gasteiger partial charge is 0.176 e. The van der Waals surface area contributed by atoms with Gasteiger partial charge in [0.1, 0.15) is 0 Å². The minimum Gasteiger partial charge on any atom is -0.494 e. The first-order chi connectivity index (χ1) is 8.69. The summed E-state index contributed by atoms with van der Waals surface area (Å²) in [6.45, 7) is 2.61. The number of nitrogens with one attached hydrogen (secondary N) is 1. The van der Waals surface area contributed by atoms with Crippen LogP contribution in [0.15, 0.2) is 18.2 Å². The minimum atomic E-state index is -0.563. The Balaban J connectivity index is 3.12. The third kappa shape index (κ3) is 3.19. The van der Waals surface area contributed by atoms with Crippen molar-refractivity contribution < 1.29 is 18.6 Å². The Labute approximate surface area is 107 Å². The summed E-state index contributed by atoms with van der Waals surface area (Å²) in [5, 5.41) is 3.15. The van der Waals surface area contributed by atoms with Crippen LogP contribution < -0.4 is 10.1 Å². The number of methoxy groups -OCH3 is 3. The Morgan fingerprint density at radius 2 is 1.89 bits per heavy atom. The van der Waals surface area contributed by atoms with Crippen LogP contribution in [0.3, 0.4) is 0 Å². The molecule has 0 aromatic heterocycles. The zero-order chi connectivity index (χ0) is 13.5. The van der Waals surface area contributed by atoms with Crippen molar-refractivity contribution in [3.63, 3.8) is 0 Å². The molecule has 0 aliphatic carbocycles. The number of likely N-dealkylation sites (N-methyl/N-ethyl adjacent to an activating group) is 1. The van der Waals surface area contributed by atoms with Gasteiger partial charge in [-0.2, -0.15) is 0 Å². The van der Waals surface area contributed by atoms with Gasteiger partial charge in [0.05, 0.1) is 13.2 Å². The van der Waals surface area contributed by atoms with Gasteiger partial charge in [0.15, 0.2) is 17.9 Å². The summed E-state index contributed by atoms with van der Waals surface area (Å²) in [6.07, 6.45) is -0.563. The first-order valence-corrected chi connectivity index (χ1v) is 5.80. The second-order valence-corrected chi connectivity index (χ2v) is 3.74. The monoisotopic (exact) mass is 257 g/mol. The zero-order valence-electron chi connectivity index (χ0n) is 11.2. The Hall–Kier alpha value is -1.17. The lowest BCUT2D eigenvalue weighted by Gasteiger charge is -2.26. The van der Waals surface area contributed by atoms with Crippen molar-refractivity contribution in [3.8, 4) is 5.75 Å². The largest absolute Gasteiger partial charge is 0.494 e. The molecule has 0 spiro atoms. The fourth-order valence-corrected chi connectivity index (χ4v) is 1.87. The van der Waals surface area contributed by atoms with E-state index < -0.39 is 12.1 Å². The average molecular weight is 257 g/mol. The molecule has 1 aromatic rings. The quantitative estimate of drug-likeness (QED) is 0.759. The number of rotatable bonds is 7. The SMILES string of the molecule is CCNC(c1cccc(OC)c1F)C(OC)OC. The molecule has 0 heterocycles. The molecule has 18 heavy (non-hydrogen) atoms. The van der Waals surface area contributed by atoms with Crippen molar-refractivity contribution in [1.29, 1.82) is 0 Å². The molecule has 0 bridgehead atoms. The summed E-state index contributed by atoms with van der Waals surface area (Å²) in [5.74, 6) is -0.189. The Bertz CT molecular complexity index is 369. The molecular weight excluding hydrogens is 237 g/mol. The van der Waals surface area contributed by atoms with E-state index in [4.69, 9.17) is 14.2 Å². The minimum absolute atomic E-state index is 0.210. The fourth-order valence-electron chi connectivity index (χ4n) is 1.87. The highest BCUT2D eigenvalue weighted by atomic mass is 19.1. The van der Waals surface area contributed by atoms with Crippen molar-refractivity contribution in [1.82, 2.24) is 5.32 Å². The lowest BCUT2D eigenvalue weighted by molar-refractivity contribution is -0.124. The van der Waals surface area contributed by atoms with Gasteiger partial charge in [-0.15, -0.1) is 0 Å². The van der Waals surface area contributed by atoms with E-state index in [1.165, 1.54) is 21.3 Å². The van der Waals surface area contributed by atoms with Gasteiger partial charge in [-0.3, -0.25) is 0 Å². The third-order valence-electron chi connectivity index (χ3n) is 2.71. The molecule has 0 fully saturated rings. The predicted octanol–water partition coefficient (Wildman–Crippen LogP) is 2.10. The van der Waals surface area contributed by atoms with Gasteiger partial charge < -0.3 is 19.5 Å². The summed E-state index contributed by atoms with van der Waals surface area (Å²) < 4.78 is 29.6. The van der Waals surface area contributed by atoms with E-state index in [-0.39, 0.29) is 11.8 Å². The Kier molecular flexibility index (Phi) is 6.04. The highest BCUT2D eigenvalue weighted by Crippen LogP contribution is 2.28. The van der Waals surface area contributed by atoms with Gasteiger partial charge in [0.2, 0.25) is 0 Å². The van der Waals surface area contributed by atoms with Gasteiger partial charge in [-0.1, -0.05) is 19.1 Å². The molecule has 1 N–H and O–H groups in total. The lowest BCUT2D eigenvalue weighted by Crippen LogP contribution is -2.35. The Morgan fingerprint density at radius 3 is 2.39 bits per heavy atom. The standard InChI is InChI=1S/C13H20FNO3/c1-5-15-12(13(17-3)18-4)9-7-6-8-10(16-2)11(9)14/h6-8,12-13,15H,5H2,1-4H3. The number of hydrogen-bond acceptors (Lipinski definition) is 4. The highest BCUT2D eigenvalue weighted by molar-refractivity contribution is 5.33. The van der Waals surface area contributed by atoms with Gasteiger partial charge in [0.25, 0.3) is 0 Å². The van der Waals surface area contributed by atoms with Crippen LogP contribution in [0.4, 0.5) is 4.39 Å². The maximum atomic E-state index is 14.2. The number of ether oxygens (including phenoxy) is 3. The lowest BCUT2D eigenvalue weighted by atomic mass is 10.0. The molecule has 0 aliphatic heterocycles. The third-order valence-corrected chi connectivity index (χ3v) is 2.71. The van der Waals surface area contributed by atoms with Crippen LogP contribution in [0.1, 0.15) is 18.5 Å². The second-order valence-electron chi connectivity index (χ2n) is 3.74. The summed E-state index contributed by atoms with van der Waals surface area (Å²) in [6, 6.07) is 4.62. The zero-order valence-corrected chi connectivity index (χ0v) is 11.2. The van der Waals surface area contributed by atoms with E-state index >= 15 is 0 Å². The van der Waals surface area contributed by atoms with E-state index in [1.54, 1.807) is 18.2 Å². The molecule has 1 unspecified atom stereocenters. The van der Waals surface area contributed by atoms with Crippen molar-refractivity contribution in [2.24, 2.45) is 0 Å². The van der Waals surface area contributed by atoms with E-state index in [0.717, 1.165) is 0 Å². The molecule has 0 amide bonds. The van der Waals surface area contributed by atoms with E-state index in [0.29, 0.717) is 12.1 Å². The Morgan fingerprint density at radius 1 is 1.22 bits per heavy atom. The van der Waals surface area contributed by atoms with Crippen LogP contribution in [0.25, 0.3) is 0 Å². The molecule has 1 atom stereocenters. The van der Waals surface area contributed by atoms with Crippen LogP contribution in [0, 0.1) is 5.82 Å². The van der Waals surface area contributed by atoms with Gasteiger partial charge >= 0.3 is 0 Å². The summed E-state index contributed by atoms with van der Waals surface area (Å²) in [5.41, 5.74) is 0.463. The molecule has 0 saturated heterocycles.